The topological polar surface area (TPSA) is 132 Å². The number of hydrogen-bond donors (Lipinski definition) is 1. The third-order valence-corrected chi connectivity index (χ3v) is 8.90. The molecule has 3 heterocycles. The van der Waals surface area contributed by atoms with Gasteiger partial charge in [0.05, 0.1) is 65.6 Å². The van der Waals surface area contributed by atoms with E-state index in [0.717, 1.165) is 23.4 Å². The van der Waals surface area contributed by atoms with Gasteiger partial charge >= 0.3 is 18.2 Å². The maximum Gasteiger partial charge on any atom is 0.416 e. The number of alkyl halides is 3. The number of anilines is 3. The normalized spacial score (nSPS) is 18.0. The number of hydrogen-bond acceptors (Lipinski definition) is 9. The molecule has 49 heavy (non-hydrogen) atoms. The Kier molecular flexibility index (Phi) is 10.3. The average molecular weight is 681 g/mol. The van der Waals surface area contributed by atoms with Crippen LogP contribution in [0.4, 0.5) is 35.3 Å². The zero-order chi connectivity index (χ0) is 35.5. The van der Waals surface area contributed by atoms with Crippen LogP contribution in [-0.4, -0.2) is 66.1 Å². The minimum atomic E-state index is -4.67. The van der Waals surface area contributed by atoms with Crippen LogP contribution in [0.15, 0.2) is 48.8 Å². The molecule has 1 fully saturated rings. The van der Waals surface area contributed by atoms with Gasteiger partial charge in [-0.15, -0.1) is 0 Å². The van der Waals surface area contributed by atoms with Crippen molar-refractivity contribution in [1.82, 2.24) is 9.97 Å². The van der Waals surface area contributed by atoms with Crippen molar-refractivity contribution in [1.29, 1.82) is 5.26 Å². The number of nitrogens with zero attached hydrogens (tertiary/aromatic N) is 6. The molecule has 0 bridgehead atoms. The predicted molar refractivity (Wildman–Crippen MR) is 175 cm³/mol. The fraction of sp³-hybridized carbons (Fsp3) is 0.457. The van der Waals surface area contributed by atoms with Crippen LogP contribution in [0.25, 0.3) is 0 Å². The van der Waals surface area contributed by atoms with E-state index in [2.05, 4.69) is 4.90 Å². The molecule has 14 heteroatoms. The van der Waals surface area contributed by atoms with Crippen molar-refractivity contribution in [3.8, 4) is 6.07 Å². The standard InChI is InChI=1S/C35H39F3N6O5/c1-5-26-16-30(28-12-22(2)6-7-29(28)44(26)33(47)49-21-34(3,4)31(45)46)43(20-24-13-23(17-39)14-25(15-24)35(36,37)38)32-40-18-27(19-41-32)42-8-10-48-11-9-42/h6-7,12-15,18-19,26,30H,5,8-11,16,20-21H2,1-4H3,(H,45,46)/t26-,30+/m1/s1. The third kappa shape index (κ3) is 7.88. The van der Waals surface area contributed by atoms with Crippen LogP contribution >= 0.6 is 0 Å². The molecule has 1 aromatic heterocycles. The number of aliphatic carboxylic acids is 1. The number of aromatic nitrogens is 2. The van der Waals surface area contributed by atoms with Crippen molar-refractivity contribution in [3.63, 3.8) is 0 Å². The highest BCUT2D eigenvalue weighted by atomic mass is 19.4. The highest BCUT2D eigenvalue weighted by molar-refractivity contribution is 5.91. The van der Waals surface area contributed by atoms with Crippen LogP contribution in [0.2, 0.25) is 0 Å². The van der Waals surface area contributed by atoms with Gasteiger partial charge in [-0.2, -0.15) is 18.4 Å². The summed E-state index contributed by atoms with van der Waals surface area (Å²) in [6.45, 7) is 8.79. The lowest BCUT2D eigenvalue weighted by Crippen LogP contribution is -2.48. The summed E-state index contributed by atoms with van der Waals surface area (Å²) >= 11 is 0. The Hall–Kier alpha value is -4.90. The van der Waals surface area contributed by atoms with Gasteiger partial charge in [-0.25, -0.2) is 14.8 Å². The van der Waals surface area contributed by atoms with Gasteiger partial charge in [0.2, 0.25) is 5.95 Å². The fourth-order valence-electron chi connectivity index (χ4n) is 6.09. The second kappa shape index (κ2) is 14.3. The van der Waals surface area contributed by atoms with E-state index >= 15 is 0 Å². The molecule has 2 aliphatic rings. The first kappa shape index (κ1) is 35.4. The lowest BCUT2D eigenvalue weighted by Gasteiger charge is -2.44. The highest BCUT2D eigenvalue weighted by Gasteiger charge is 2.41. The van der Waals surface area contributed by atoms with Gasteiger partial charge in [-0.05, 0) is 69.0 Å². The van der Waals surface area contributed by atoms with Crippen LogP contribution in [0.1, 0.15) is 67.5 Å². The summed E-state index contributed by atoms with van der Waals surface area (Å²) in [6, 6.07) is 9.74. The molecule has 1 saturated heterocycles. The van der Waals surface area contributed by atoms with Gasteiger partial charge in [0.25, 0.3) is 0 Å². The van der Waals surface area contributed by atoms with E-state index < -0.39 is 41.3 Å². The van der Waals surface area contributed by atoms with E-state index in [4.69, 9.17) is 19.4 Å². The number of carboxylic acids is 1. The highest BCUT2D eigenvalue weighted by Crippen LogP contribution is 2.44. The molecule has 0 aliphatic carbocycles. The number of carbonyl (C=O) groups is 2. The van der Waals surface area contributed by atoms with Crippen LogP contribution in [0.3, 0.4) is 0 Å². The monoisotopic (exact) mass is 680 g/mol. The van der Waals surface area contributed by atoms with Gasteiger partial charge < -0.3 is 24.4 Å². The lowest BCUT2D eigenvalue weighted by molar-refractivity contribution is -0.149. The van der Waals surface area contributed by atoms with E-state index in [0.29, 0.717) is 50.4 Å². The zero-order valence-corrected chi connectivity index (χ0v) is 27.8. The number of fused-ring (bicyclic) bond motifs is 1. The Balaban J connectivity index is 1.59. The van der Waals surface area contributed by atoms with Gasteiger partial charge in [0.15, 0.2) is 0 Å². The SMILES string of the molecule is CC[C@@H]1C[C@H](N(Cc2cc(C#N)cc(C(F)(F)F)c2)c2ncc(N3CCOCC3)cn2)c2cc(C)ccc2N1C(=O)OCC(C)(C)C(=O)O. The summed E-state index contributed by atoms with van der Waals surface area (Å²) in [4.78, 5) is 40.1. The molecule has 0 unspecified atom stereocenters. The summed E-state index contributed by atoms with van der Waals surface area (Å²) in [6.07, 6.45) is -1.17. The molecule has 2 aliphatic heterocycles. The summed E-state index contributed by atoms with van der Waals surface area (Å²) in [7, 11) is 0. The first-order valence-corrected chi connectivity index (χ1v) is 16.0. The molecule has 0 spiro atoms. The molecule has 3 aromatic rings. The molecule has 5 rings (SSSR count). The van der Waals surface area contributed by atoms with E-state index in [1.807, 2.05) is 36.9 Å². The quantitative estimate of drug-likeness (QED) is 0.267. The second-order valence-corrected chi connectivity index (χ2v) is 13.0. The average Bonchev–Trinajstić information content (AvgIpc) is 3.08. The molecular weight excluding hydrogens is 641 g/mol. The Labute approximate surface area is 282 Å². The first-order valence-electron chi connectivity index (χ1n) is 16.0. The number of ether oxygens (including phenoxy) is 2. The van der Waals surface area contributed by atoms with Crippen molar-refractivity contribution in [2.75, 3.05) is 47.6 Å². The summed E-state index contributed by atoms with van der Waals surface area (Å²) in [5.74, 6) is -0.842. The predicted octanol–water partition coefficient (Wildman–Crippen LogP) is 6.50. The molecular formula is C35H39F3N6O5. The van der Waals surface area contributed by atoms with E-state index in [1.54, 1.807) is 18.5 Å². The Bertz CT molecular complexity index is 1720. The second-order valence-electron chi connectivity index (χ2n) is 13.0. The number of amides is 1. The number of carboxylic acid groups (broad SMARTS) is 1. The van der Waals surface area contributed by atoms with E-state index in [9.17, 15) is 33.1 Å². The van der Waals surface area contributed by atoms with Crippen molar-refractivity contribution in [2.24, 2.45) is 5.41 Å². The molecule has 11 nitrogen and oxygen atoms in total. The number of nitriles is 1. The summed E-state index contributed by atoms with van der Waals surface area (Å²) in [5, 5.41) is 19.1. The van der Waals surface area contributed by atoms with Crippen LogP contribution in [-0.2, 0) is 27.0 Å². The molecule has 0 radical (unpaired) electrons. The number of aryl methyl sites for hydroxylation is 1. The van der Waals surface area contributed by atoms with Crippen molar-refractivity contribution in [3.05, 3.63) is 76.6 Å². The van der Waals surface area contributed by atoms with Crippen LogP contribution in [0.5, 0.6) is 0 Å². The zero-order valence-electron chi connectivity index (χ0n) is 27.8. The Morgan fingerprint density at radius 1 is 1.12 bits per heavy atom. The van der Waals surface area contributed by atoms with E-state index in [1.165, 1.54) is 24.8 Å². The van der Waals surface area contributed by atoms with Gasteiger partial charge in [0.1, 0.15) is 6.61 Å². The number of carbonyl (C=O) groups excluding carboxylic acids is 1. The van der Waals surface area contributed by atoms with Gasteiger partial charge in [-0.3, -0.25) is 9.69 Å². The number of halogens is 3. The smallest absolute Gasteiger partial charge is 0.416 e. The molecule has 0 saturated carbocycles. The summed E-state index contributed by atoms with van der Waals surface area (Å²) in [5.41, 5.74) is 0.770. The van der Waals surface area contributed by atoms with Crippen LogP contribution in [0, 0.1) is 23.7 Å². The molecule has 2 atom stereocenters. The Morgan fingerprint density at radius 2 is 1.82 bits per heavy atom. The molecule has 260 valence electrons. The number of rotatable bonds is 9. The Morgan fingerprint density at radius 3 is 2.43 bits per heavy atom. The first-order chi connectivity index (χ1) is 23.2. The fourth-order valence-corrected chi connectivity index (χ4v) is 6.09. The molecule has 1 amide bonds. The van der Waals surface area contributed by atoms with Crippen LogP contribution < -0.4 is 14.7 Å². The third-order valence-electron chi connectivity index (χ3n) is 8.90. The minimum absolute atomic E-state index is 0.0682. The number of morpholine rings is 1. The summed E-state index contributed by atoms with van der Waals surface area (Å²) < 4.78 is 52.8. The largest absolute Gasteiger partial charge is 0.481 e. The molecule has 1 N–H and O–H groups in total. The minimum Gasteiger partial charge on any atom is -0.481 e. The van der Waals surface area contributed by atoms with E-state index in [-0.39, 0.29) is 30.2 Å². The van der Waals surface area contributed by atoms with Crippen molar-refractivity contribution in [2.45, 2.75) is 65.3 Å². The maximum absolute atomic E-state index is 13.9. The van der Waals surface area contributed by atoms with Gasteiger partial charge in [0, 0.05) is 25.7 Å². The lowest BCUT2D eigenvalue weighted by atomic mass is 9.87. The van der Waals surface area contributed by atoms with Gasteiger partial charge in [-0.1, -0.05) is 24.6 Å². The number of benzene rings is 2. The van der Waals surface area contributed by atoms with Crippen molar-refractivity contribution < 1.29 is 37.3 Å². The maximum atomic E-state index is 13.9. The molecule has 2 aromatic carbocycles. The van der Waals surface area contributed by atoms with Crippen molar-refractivity contribution >= 4 is 29.4 Å².